The van der Waals surface area contributed by atoms with E-state index in [0.29, 0.717) is 5.69 Å². The van der Waals surface area contributed by atoms with Gasteiger partial charge < -0.3 is 0 Å². The highest BCUT2D eigenvalue weighted by molar-refractivity contribution is 9.10. The molecule has 0 aromatic heterocycles. The van der Waals surface area contributed by atoms with E-state index in [-0.39, 0.29) is 10.6 Å². The van der Waals surface area contributed by atoms with Crippen LogP contribution in [0.25, 0.3) is 0 Å². The average Bonchev–Trinajstić information content (AvgIpc) is 2.47. The van der Waals surface area contributed by atoms with E-state index in [1.54, 1.807) is 24.3 Å². The number of sulfonamides is 1. The molecule has 0 aliphatic carbocycles. The van der Waals surface area contributed by atoms with Crippen molar-refractivity contribution in [1.29, 1.82) is 0 Å². The van der Waals surface area contributed by atoms with Crippen LogP contribution < -0.4 is 4.31 Å². The van der Waals surface area contributed by atoms with E-state index >= 15 is 0 Å². The smallest absolute Gasteiger partial charge is 0.269 e. The second kappa shape index (κ2) is 5.82. The van der Waals surface area contributed by atoms with Crippen LogP contribution in [0.5, 0.6) is 0 Å². The third kappa shape index (κ3) is 3.22. The average molecular weight is 371 g/mol. The lowest BCUT2D eigenvalue weighted by Crippen LogP contribution is -2.26. The Morgan fingerprint density at radius 2 is 1.76 bits per heavy atom. The number of nitro groups is 1. The molecule has 2 rings (SSSR count). The quantitative estimate of drug-likeness (QED) is 0.611. The number of hydrogen-bond acceptors (Lipinski definition) is 4. The van der Waals surface area contributed by atoms with Crippen molar-refractivity contribution < 1.29 is 13.3 Å². The molecule has 6 nitrogen and oxygen atoms in total. The molecule has 0 heterocycles. The normalized spacial score (nSPS) is 11.1. The maximum Gasteiger partial charge on any atom is 0.270 e. The maximum absolute atomic E-state index is 12.5. The zero-order valence-corrected chi connectivity index (χ0v) is 13.3. The van der Waals surface area contributed by atoms with Gasteiger partial charge in [0.15, 0.2) is 0 Å². The van der Waals surface area contributed by atoms with Gasteiger partial charge in [0.1, 0.15) is 0 Å². The molecule has 0 atom stereocenters. The zero-order chi connectivity index (χ0) is 15.6. The summed E-state index contributed by atoms with van der Waals surface area (Å²) < 4.78 is 26.9. The van der Waals surface area contributed by atoms with E-state index in [4.69, 9.17) is 0 Å². The van der Waals surface area contributed by atoms with Crippen molar-refractivity contribution in [3.63, 3.8) is 0 Å². The van der Waals surface area contributed by atoms with Crippen molar-refractivity contribution in [1.82, 2.24) is 0 Å². The molecule has 0 unspecified atom stereocenters. The summed E-state index contributed by atoms with van der Waals surface area (Å²) in [5.41, 5.74) is 0.199. The Hall–Kier alpha value is -1.93. The minimum Gasteiger partial charge on any atom is -0.269 e. The van der Waals surface area contributed by atoms with Crippen LogP contribution in [-0.2, 0) is 10.0 Å². The fourth-order valence-electron chi connectivity index (χ4n) is 1.71. The van der Waals surface area contributed by atoms with Gasteiger partial charge in [-0.2, -0.15) is 0 Å². The Balaban J connectivity index is 2.44. The predicted octanol–water partition coefficient (Wildman–Crippen LogP) is 3.18. The molecular formula is C13H11BrN2O4S. The number of benzene rings is 2. The second-order valence-corrected chi connectivity index (χ2v) is 7.09. The van der Waals surface area contributed by atoms with Crippen LogP contribution in [0, 0.1) is 10.1 Å². The Morgan fingerprint density at radius 1 is 1.14 bits per heavy atom. The molecule has 0 amide bonds. The van der Waals surface area contributed by atoms with E-state index in [0.717, 1.165) is 14.8 Å². The van der Waals surface area contributed by atoms with E-state index in [1.165, 1.54) is 25.2 Å². The van der Waals surface area contributed by atoms with Crippen LogP contribution >= 0.6 is 15.9 Å². The molecule has 8 heteroatoms. The van der Waals surface area contributed by atoms with Crippen molar-refractivity contribution in [2.45, 2.75) is 4.90 Å². The van der Waals surface area contributed by atoms with E-state index < -0.39 is 14.9 Å². The molecule has 0 radical (unpaired) electrons. The molecule has 0 aliphatic heterocycles. The van der Waals surface area contributed by atoms with Gasteiger partial charge in [-0.05, 0) is 30.3 Å². The van der Waals surface area contributed by atoms with Crippen molar-refractivity contribution in [3.05, 3.63) is 63.1 Å². The fraction of sp³-hybridized carbons (Fsp3) is 0.0769. The van der Waals surface area contributed by atoms with Gasteiger partial charge in [0.05, 0.1) is 15.5 Å². The molecule has 0 bridgehead atoms. The number of halogens is 1. The van der Waals surface area contributed by atoms with Crippen molar-refractivity contribution in [3.8, 4) is 0 Å². The molecule has 0 fully saturated rings. The lowest BCUT2D eigenvalue weighted by molar-refractivity contribution is -0.385. The zero-order valence-electron chi connectivity index (χ0n) is 10.9. The highest BCUT2D eigenvalue weighted by atomic mass is 79.9. The summed E-state index contributed by atoms with van der Waals surface area (Å²) in [5.74, 6) is 0. The van der Waals surface area contributed by atoms with Crippen LogP contribution in [0.15, 0.2) is 57.9 Å². The topological polar surface area (TPSA) is 80.5 Å². The summed E-state index contributed by atoms with van der Waals surface area (Å²) >= 11 is 3.27. The second-order valence-electron chi connectivity index (χ2n) is 4.20. The van der Waals surface area contributed by atoms with Gasteiger partial charge in [-0.25, -0.2) is 8.42 Å². The third-order valence-corrected chi connectivity index (χ3v) is 5.19. The predicted molar refractivity (Wildman–Crippen MR) is 82.8 cm³/mol. The highest BCUT2D eigenvalue weighted by Gasteiger charge is 2.23. The molecule has 2 aromatic rings. The molecule has 2 aromatic carbocycles. The number of nitro benzene ring substituents is 1. The summed E-state index contributed by atoms with van der Waals surface area (Å²) in [6, 6.07) is 11.7. The number of non-ortho nitro benzene ring substituents is 1. The SMILES string of the molecule is CN(c1ccc(Br)cc1)S(=O)(=O)c1cccc([N+](=O)[O-])c1. The van der Waals surface area contributed by atoms with Crippen LogP contribution in [0.4, 0.5) is 11.4 Å². The largest absolute Gasteiger partial charge is 0.270 e. The van der Waals surface area contributed by atoms with Gasteiger partial charge in [-0.15, -0.1) is 0 Å². The Morgan fingerprint density at radius 3 is 2.33 bits per heavy atom. The molecule has 0 N–H and O–H groups in total. The van der Waals surface area contributed by atoms with Crippen molar-refractivity contribution >= 4 is 37.3 Å². The summed E-state index contributed by atoms with van der Waals surface area (Å²) in [5, 5.41) is 10.7. The first-order valence-electron chi connectivity index (χ1n) is 5.81. The summed E-state index contributed by atoms with van der Waals surface area (Å²) in [6.45, 7) is 0. The molecule has 0 saturated carbocycles. The first kappa shape index (κ1) is 15.5. The maximum atomic E-state index is 12.5. The number of anilines is 1. The minimum absolute atomic E-state index is 0.123. The first-order chi connectivity index (χ1) is 9.82. The third-order valence-electron chi connectivity index (χ3n) is 2.88. The number of rotatable bonds is 4. The van der Waals surface area contributed by atoms with Gasteiger partial charge in [0.25, 0.3) is 15.7 Å². The molecule has 0 spiro atoms. The molecule has 0 aliphatic rings. The Labute approximate surface area is 130 Å². The van der Waals surface area contributed by atoms with Gasteiger partial charge in [-0.1, -0.05) is 22.0 Å². The van der Waals surface area contributed by atoms with E-state index in [1.807, 2.05) is 0 Å². The van der Waals surface area contributed by atoms with E-state index in [9.17, 15) is 18.5 Å². The standard InChI is InChI=1S/C13H11BrN2O4S/c1-15(11-7-5-10(14)6-8-11)21(19,20)13-4-2-3-12(9-13)16(17)18/h2-9H,1H3. The minimum atomic E-state index is -3.85. The van der Waals surface area contributed by atoms with E-state index in [2.05, 4.69) is 15.9 Å². The van der Waals surface area contributed by atoms with Gasteiger partial charge in [0, 0.05) is 23.7 Å². The van der Waals surface area contributed by atoms with Gasteiger partial charge in [0.2, 0.25) is 0 Å². The highest BCUT2D eigenvalue weighted by Crippen LogP contribution is 2.25. The fourth-order valence-corrected chi connectivity index (χ4v) is 3.21. The van der Waals surface area contributed by atoms with Crippen LogP contribution in [-0.4, -0.2) is 20.4 Å². The Kier molecular flexibility index (Phi) is 4.29. The number of nitrogens with zero attached hydrogens (tertiary/aromatic N) is 2. The van der Waals surface area contributed by atoms with Crippen LogP contribution in [0.1, 0.15) is 0 Å². The lowest BCUT2D eigenvalue weighted by Gasteiger charge is -2.19. The first-order valence-corrected chi connectivity index (χ1v) is 8.04. The molecular weight excluding hydrogens is 360 g/mol. The summed E-state index contributed by atoms with van der Waals surface area (Å²) in [6.07, 6.45) is 0. The van der Waals surface area contributed by atoms with Gasteiger partial charge >= 0.3 is 0 Å². The molecule has 110 valence electrons. The monoisotopic (exact) mass is 370 g/mol. The summed E-state index contributed by atoms with van der Waals surface area (Å²) in [4.78, 5) is 10.00. The number of hydrogen-bond donors (Lipinski definition) is 0. The van der Waals surface area contributed by atoms with Crippen LogP contribution in [0.2, 0.25) is 0 Å². The molecule has 21 heavy (non-hydrogen) atoms. The van der Waals surface area contributed by atoms with Gasteiger partial charge in [-0.3, -0.25) is 14.4 Å². The van der Waals surface area contributed by atoms with Crippen molar-refractivity contribution in [2.75, 3.05) is 11.4 Å². The van der Waals surface area contributed by atoms with Crippen molar-refractivity contribution in [2.24, 2.45) is 0 Å². The molecule has 0 saturated heterocycles. The Bertz CT molecular complexity index is 775. The lowest BCUT2D eigenvalue weighted by atomic mass is 10.3. The van der Waals surface area contributed by atoms with Crippen LogP contribution in [0.3, 0.4) is 0 Å². The summed E-state index contributed by atoms with van der Waals surface area (Å²) in [7, 11) is -2.45.